The van der Waals surface area contributed by atoms with Crippen LogP contribution < -0.4 is 10.6 Å². The van der Waals surface area contributed by atoms with E-state index in [0.717, 1.165) is 0 Å². The molecule has 2 N–H and O–H groups in total. The van der Waals surface area contributed by atoms with Crippen LogP contribution in [0.4, 0.5) is 4.39 Å². The third-order valence-corrected chi connectivity index (χ3v) is 2.02. The quantitative estimate of drug-likeness (QED) is 0.606. The first-order valence-electron chi connectivity index (χ1n) is 3.90. The van der Waals surface area contributed by atoms with E-state index in [2.05, 4.69) is 10.6 Å². The number of carbonyl (C=O) groups excluding carboxylic acids is 2. The summed E-state index contributed by atoms with van der Waals surface area (Å²) in [5.41, 5.74) is 0. The van der Waals surface area contributed by atoms with Crippen LogP contribution in [0.2, 0.25) is 0 Å². The summed E-state index contributed by atoms with van der Waals surface area (Å²) < 4.78 is 12.6. The highest BCUT2D eigenvalue weighted by Crippen LogP contribution is 2.09. The van der Waals surface area contributed by atoms with Gasteiger partial charge in [0.1, 0.15) is 12.1 Å². The zero-order chi connectivity index (χ0) is 9.84. The van der Waals surface area contributed by atoms with E-state index in [9.17, 15) is 14.0 Å². The van der Waals surface area contributed by atoms with E-state index in [4.69, 9.17) is 11.6 Å². The molecule has 0 aliphatic carbocycles. The monoisotopic (exact) mass is 208 g/mol. The third-order valence-electron chi connectivity index (χ3n) is 1.78. The van der Waals surface area contributed by atoms with Gasteiger partial charge in [-0.3, -0.25) is 14.9 Å². The van der Waals surface area contributed by atoms with Crippen molar-refractivity contribution in [1.29, 1.82) is 0 Å². The van der Waals surface area contributed by atoms with Crippen molar-refractivity contribution in [1.82, 2.24) is 10.6 Å². The Bertz CT molecular complexity index is 225. The maximum atomic E-state index is 12.6. The van der Waals surface area contributed by atoms with E-state index in [1.165, 1.54) is 0 Å². The summed E-state index contributed by atoms with van der Waals surface area (Å²) in [6.07, 6.45) is -0.900. The standard InChI is InChI=1S/C7H10ClFN2O2/c8-2-6(12)11-7(13)5-1-4(9)3-10-5/h4-5,10H,1-3H2,(H,11,12,13)/t4-,5-/m0/s1. The molecule has 6 heteroatoms. The summed E-state index contributed by atoms with van der Waals surface area (Å²) in [6, 6.07) is -0.609. The van der Waals surface area contributed by atoms with Gasteiger partial charge < -0.3 is 5.32 Å². The van der Waals surface area contributed by atoms with Crippen LogP contribution >= 0.6 is 11.6 Å². The van der Waals surface area contributed by atoms with E-state index < -0.39 is 24.0 Å². The van der Waals surface area contributed by atoms with Gasteiger partial charge in [0.05, 0.1) is 6.04 Å². The maximum absolute atomic E-state index is 12.6. The molecule has 2 atom stereocenters. The molecule has 1 fully saturated rings. The van der Waals surface area contributed by atoms with Crippen molar-refractivity contribution in [2.45, 2.75) is 18.6 Å². The van der Waals surface area contributed by atoms with Crippen molar-refractivity contribution >= 4 is 23.4 Å². The Labute approximate surface area is 79.8 Å². The van der Waals surface area contributed by atoms with Gasteiger partial charge in [0.2, 0.25) is 11.8 Å². The normalized spacial score (nSPS) is 27.2. The van der Waals surface area contributed by atoms with Gasteiger partial charge >= 0.3 is 0 Å². The number of alkyl halides is 2. The van der Waals surface area contributed by atoms with E-state index in [-0.39, 0.29) is 18.8 Å². The molecule has 0 spiro atoms. The number of hydrogen-bond acceptors (Lipinski definition) is 3. The van der Waals surface area contributed by atoms with E-state index in [1.807, 2.05) is 0 Å². The molecule has 0 bridgehead atoms. The van der Waals surface area contributed by atoms with Crippen LogP contribution in [0.5, 0.6) is 0 Å². The van der Waals surface area contributed by atoms with Crippen LogP contribution in [-0.4, -0.2) is 36.5 Å². The predicted octanol–water partition coefficient (Wildman–Crippen LogP) is -0.432. The highest BCUT2D eigenvalue weighted by molar-refractivity contribution is 6.28. The molecule has 0 saturated carbocycles. The van der Waals surface area contributed by atoms with Gasteiger partial charge in [0.25, 0.3) is 0 Å². The maximum Gasteiger partial charge on any atom is 0.243 e. The zero-order valence-corrected chi connectivity index (χ0v) is 7.60. The SMILES string of the molecule is O=C(CCl)NC(=O)[C@@H]1C[C@H](F)CN1. The fourth-order valence-corrected chi connectivity index (χ4v) is 1.22. The summed E-state index contributed by atoms with van der Waals surface area (Å²) in [5, 5.41) is 4.71. The summed E-state index contributed by atoms with van der Waals surface area (Å²) in [7, 11) is 0. The Morgan fingerprint density at radius 1 is 1.62 bits per heavy atom. The van der Waals surface area contributed by atoms with Gasteiger partial charge in [-0.25, -0.2) is 4.39 Å². The minimum absolute atomic E-state index is 0.112. The van der Waals surface area contributed by atoms with Crippen LogP contribution in [-0.2, 0) is 9.59 Å². The minimum atomic E-state index is -1.01. The van der Waals surface area contributed by atoms with Crippen molar-refractivity contribution in [2.75, 3.05) is 12.4 Å². The molecular formula is C7H10ClFN2O2. The average molecular weight is 209 g/mol. The van der Waals surface area contributed by atoms with Gasteiger partial charge in [0.15, 0.2) is 0 Å². The van der Waals surface area contributed by atoms with Gasteiger partial charge in [-0.05, 0) is 0 Å². The number of halogens is 2. The van der Waals surface area contributed by atoms with E-state index in [1.54, 1.807) is 0 Å². The average Bonchev–Trinajstić information content (AvgIpc) is 2.51. The molecule has 0 aromatic carbocycles. The number of carbonyl (C=O) groups is 2. The molecule has 0 aromatic heterocycles. The van der Waals surface area contributed by atoms with Crippen LogP contribution in [0.25, 0.3) is 0 Å². The molecule has 1 saturated heterocycles. The molecule has 1 rings (SSSR count). The lowest BCUT2D eigenvalue weighted by Crippen LogP contribution is -2.43. The summed E-state index contributed by atoms with van der Waals surface area (Å²) in [6.45, 7) is 0.160. The second-order valence-corrected chi connectivity index (χ2v) is 3.11. The highest BCUT2D eigenvalue weighted by Gasteiger charge is 2.29. The van der Waals surface area contributed by atoms with E-state index in [0.29, 0.717) is 0 Å². The topological polar surface area (TPSA) is 58.2 Å². The van der Waals surface area contributed by atoms with E-state index >= 15 is 0 Å². The van der Waals surface area contributed by atoms with Crippen molar-refractivity contribution < 1.29 is 14.0 Å². The first kappa shape index (κ1) is 10.4. The molecule has 2 amide bonds. The lowest BCUT2D eigenvalue weighted by Gasteiger charge is -2.08. The number of imide groups is 1. The van der Waals surface area contributed by atoms with Crippen molar-refractivity contribution in [3.8, 4) is 0 Å². The molecule has 1 heterocycles. The Morgan fingerprint density at radius 3 is 2.77 bits per heavy atom. The molecule has 13 heavy (non-hydrogen) atoms. The summed E-state index contributed by atoms with van der Waals surface area (Å²) in [4.78, 5) is 21.8. The lowest BCUT2D eigenvalue weighted by molar-refractivity contribution is -0.130. The zero-order valence-electron chi connectivity index (χ0n) is 6.85. The summed E-state index contributed by atoms with van der Waals surface area (Å²) >= 11 is 5.17. The summed E-state index contributed by atoms with van der Waals surface area (Å²) in [5.74, 6) is -1.33. The van der Waals surface area contributed by atoms with Gasteiger partial charge in [-0.15, -0.1) is 11.6 Å². The molecule has 0 aromatic rings. The molecule has 1 aliphatic rings. The fourth-order valence-electron chi connectivity index (χ4n) is 1.15. The molecule has 74 valence electrons. The Kier molecular flexibility index (Phi) is 3.62. The number of amides is 2. The smallest absolute Gasteiger partial charge is 0.243 e. The Morgan fingerprint density at radius 2 is 2.31 bits per heavy atom. The predicted molar refractivity (Wildman–Crippen MR) is 45.2 cm³/mol. The first-order chi connectivity index (χ1) is 6.13. The van der Waals surface area contributed by atoms with Gasteiger partial charge in [-0.1, -0.05) is 0 Å². The molecule has 0 radical (unpaired) electrons. The molecule has 0 unspecified atom stereocenters. The second kappa shape index (κ2) is 4.53. The van der Waals surface area contributed by atoms with Crippen molar-refractivity contribution in [2.24, 2.45) is 0 Å². The van der Waals surface area contributed by atoms with Crippen molar-refractivity contribution in [3.05, 3.63) is 0 Å². The second-order valence-electron chi connectivity index (χ2n) is 2.84. The minimum Gasteiger partial charge on any atom is -0.303 e. The van der Waals surface area contributed by atoms with Gasteiger partial charge in [-0.2, -0.15) is 0 Å². The highest BCUT2D eigenvalue weighted by atomic mass is 35.5. The van der Waals surface area contributed by atoms with Crippen LogP contribution in [0.1, 0.15) is 6.42 Å². The van der Waals surface area contributed by atoms with Crippen LogP contribution in [0, 0.1) is 0 Å². The molecular weight excluding hydrogens is 199 g/mol. The number of rotatable bonds is 2. The molecule has 1 aliphatic heterocycles. The number of nitrogens with one attached hydrogen (secondary N) is 2. The van der Waals surface area contributed by atoms with Crippen LogP contribution in [0.15, 0.2) is 0 Å². The first-order valence-corrected chi connectivity index (χ1v) is 4.44. The Balaban J connectivity index is 2.36. The lowest BCUT2D eigenvalue weighted by atomic mass is 10.2. The third kappa shape index (κ3) is 2.93. The number of hydrogen-bond donors (Lipinski definition) is 2. The van der Waals surface area contributed by atoms with Crippen LogP contribution in [0.3, 0.4) is 0 Å². The largest absolute Gasteiger partial charge is 0.303 e. The Hall–Kier alpha value is -0.680. The van der Waals surface area contributed by atoms with Gasteiger partial charge in [0, 0.05) is 13.0 Å². The fraction of sp³-hybridized carbons (Fsp3) is 0.714. The molecule has 4 nitrogen and oxygen atoms in total. The van der Waals surface area contributed by atoms with Crippen molar-refractivity contribution in [3.63, 3.8) is 0 Å².